The summed E-state index contributed by atoms with van der Waals surface area (Å²) in [7, 11) is -2.69. The monoisotopic (exact) mass is 538 g/mol. The van der Waals surface area contributed by atoms with Crippen LogP contribution in [0.25, 0.3) is 0 Å². The fourth-order valence-electron chi connectivity index (χ4n) is 7.38. The van der Waals surface area contributed by atoms with E-state index in [1.54, 1.807) is 0 Å². The van der Waals surface area contributed by atoms with E-state index in [0.717, 1.165) is 18.4 Å². The predicted molar refractivity (Wildman–Crippen MR) is 156 cm³/mol. The molecule has 1 spiro atoms. The van der Waals surface area contributed by atoms with Gasteiger partial charge in [-0.3, -0.25) is 9.59 Å². The third kappa shape index (κ3) is 4.44. The Morgan fingerprint density at radius 2 is 1.49 bits per heavy atom. The van der Waals surface area contributed by atoms with Crippen molar-refractivity contribution in [1.82, 2.24) is 10.2 Å². The highest BCUT2D eigenvalue weighted by atomic mass is 28.4. The van der Waals surface area contributed by atoms with Crippen molar-refractivity contribution in [2.75, 3.05) is 6.61 Å². The molecular formula is C33H38N2O3Si. The Kier molecular flexibility index (Phi) is 6.51. The molecule has 1 saturated carbocycles. The molecule has 3 aromatic carbocycles. The smallest absolute Gasteiger partial charge is 0.261 e. The number of hydrogen-bond acceptors (Lipinski definition) is 3. The van der Waals surface area contributed by atoms with E-state index < -0.39 is 14.4 Å². The van der Waals surface area contributed by atoms with Crippen LogP contribution in [0.15, 0.2) is 91.0 Å². The highest BCUT2D eigenvalue weighted by Gasteiger charge is 2.71. The van der Waals surface area contributed by atoms with E-state index >= 15 is 0 Å². The molecule has 0 radical (unpaired) electrons. The van der Waals surface area contributed by atoms with Crippen LogP contribution < -0.4 is 15.7 Å². The molecule has 3 aromatic rings. The molecule has 6 heteroatoms. The van der Waals surface area contributed by atoms with Gasteiger partial charge in [0.2, 0.25) is 11.8 Å². The average molecular weight is 539 g/mol. The Bertz CT molecular complexity index is 1300. The third-order valence-corrected chi connectivity index (χ3v) is 14.2. The van der Waals surface area contributed by atoms with E-state index in [9.17, 15) is 9.59 Å². The van der Waals surface area contributed by atoms with Crippen molar-refractivity contribution in [3.63, 3.8) is 0 Å². The Morgan fingerprint density at radius 1 is 0.923 bits per heavy atom. The Labute approximate surface area is 232 Å². The maximum atomic E-state index is 13.7. The topological polar surface area (TPSA) is 58.6 Å². The van der Waals surface area contributed by atoms with Crippen molar-refractivity contribution in [3.05, 3.63) is 96.6 Å². The molecule has 202 valence electrons. The van der Waals surface area contributed by atoms with Crippen molar-refractivity contribution in [2.45, 2.75) is 69.1 Å². The van der Waals surface area contributed by atoms with E-state index in [1.807, 2.05) is 30.3 Å². The van der Waals surface area contributed by atoms with Gasteiger partial charge in [-0.25, -0.2) is 0 Å². The average Bonchev–Trinajstić information content (AvgIpc) is 3.40. The van der Waals surface area contributed by atoms with Gasteiger partial charge in [0.15, 0.2) is 0 Å². The lowest BCUT2D eigenvalue weighted by Crippen LogP contribution is -2.67. The van der Waals surface area contributed by atoms with Crippen LogP contribution in [-0.4, -0.2) is 49.3 Å². The number of nitrogens with zero attached hydrogens (tertiary/aromatic N) is 1. The lowest BCUT2D eigenvalue weighted by atomic mass is 10.1. The number of carbonyl (C=O) groups excluding carboxylic acids is 2. The number of piperidine rings is 1. The second-order valence-corrected chi connectivity index (χ2v) is 16.9. The summed E-state index contributed by atoms with van der Waals surface area (Å²) in [4.78, 5) is 28.7. The van der Waals surface area contributed by atoms with Gasteiger partial charge in [0.25, 0.3) is 8.32 Å². The first kappa shape index (κ1) is 26.0. The molecule has 2 heterocycles. The number of rotatable bonds is 8. The van der Waals surface area contributed by atoms with Crippen LogP contribution in [0.1, 0.15) is 45.6 Å². The van der Waals surface area contributed by atoms with Gasteiger partial charge < -0.3 is 14.6 Å². The SMILES string of the molecule is CC(C)(C)[Si](OC[C@H]1C[C@@H]2C[C@@]23C[C@H](NC(=O)Cc2ccccc2)C(=O)N13)(c1ccccc1)c1ccccc1. The molecule has 5 nitrogen and oxygen atoms in total. The molecular weight excluding hydrogens is 500 g/mol. The van der Waals surface area contributed by atoms with Crippen LogP contribution in [-0.2, 0) is 20.4 Å². The zero-order chi connectivity index (χ0) is 27.3. The molecule has 39 heavy (non-hydrogen) atoms. The van der Waals surface area contributed by atoms with E-state index in [0.29, 0.717) is 25.4 Å². The summed E-state index contributed by atoms with van der Waals surface area (Å²) in [5.74, 6) is 0.479. The van der Waals surface area contributed by atoms with Crippen molar-refractivity contribution in [1.29, 1.82) is 0 Å². The van der Waals surface area contributed by atoms with Gasteiger partial charge in [0, 0.05) is 12.0 Å². The van der Waals surface area contributed by atoms with Crippen LogP contribution in [0.5, 0.6) is 0 Å². The molecule has 2 aliphatic heterocycles. The van der Waals surface area contributed by atoms with Gasteiger partial charge in [0.1, 0.15) is 6.04 Å². The summed E-state index contributed by atoms with van der Waals surface area (Å²) in [5, 5.41) is 5.45. The highest BCUT2D eigenvalue weighted by molar-refractivity contribution is 6.99. The molecule has 1 N–H and O–H groups in total. The molecule has 0 aromatic heterocycles. The number of benzene rings is 3. The number of hydrogen-bond donors (Lipinski definition) is 1. The molecule has 6 rings (SSSR count). The number of nitrogens with one attached hydrogen (secondary N) is 1. The largest absolute Gasteiger partial charge is 0.405 e. The van der Waals surface area contributed by atoms with Crippen molar-refractivity contribution >= 4 is 30.5 Å². The Hall–Kier alpha value is -3.22. The summed E-state index contributed by atoms with van der Waals surface area (Å²) < 4.78 is 7.23. The first-order valence-electron chi connectivity index (χ1n) is 14.2. The summed E-state index contributed by atoms with van der Waals surface area (Å²) >= 11 is 0. The minimum absolute atomic E-state index is 0.0360. The van der Waals surface area contributed by atoms with E-state index in [2.05, 4.69) is 91.7 Å². The minimum atomic E-state index is -2.69. The number of carbonyl (C=O) groups is 2. The molecule has 0 bridgehead atoms. The second-order valence-electron chi connectivity index (χ2n) is 12.6. The van der Waals surface area contributed by atoms with Crippen LogP contribution in [0, 0.1) is 5.92 Å². The predicted octanol–water partition coefficient (Wildman–Crippen LogP) is 4.05. The van der Waals surface area contributed by atoms with Gasteiger partial charge in [0.05, 0.1) is 19.1 Å². The first-order chi connectivity index (χ1) is 18.7. The van der Waals surface area contributed by atoms with Crippen LogP contribution in [0.4, 0.5) is 0 Å². The van der Waals surface area contributed by atoms with Gasteiger partial charge in [-0.2, -0.15) is 0 Å². The van der Waals surface area contributed by atoms with Gasteiger partial charge in [-0.05, 0) is 39.7 Å². The summed E-state index contributed by atoms with van der Waals surface area (Å²) in [6.45, 7) is 7.37. The molecule has 0 unspecified atom stereocenters. The standard InChI is InChI=1S/C33H38N2O3Si/c1-32(2,3)39(27-15-9-5-10-16-27,28-17-11-6-12-18-28)38-23-26-20-25-21-33(25)22-29(31(37)35(26)33)34-30(36)19-24-13-7-4-8-14-24/h4-18,25-26,29H,19-23H2,1-3H3,(H,34,36)/t25-,26-,29+,33-/m1/s1. The van der Waals surface area contributed by atoms with E-state index in [4.69, 9.17) is 4.43 Å². The lowest BCUT2D eigenvalue weighted by Gasteiger charge is -2.44. The Balaban J connectivity index is 1.23. The molecule has 2 saturated heterocycles. The van der Waals surface area contributed by atoms with Crippen molar-refractivity contribution < 1.29 is 14.0 Å². The maximum absolute atomic E-state index is 13.7. The fourth-order valence-corrected chi connectivity index (χ4v) is 12.0. The lowest BCUT2D eigenvalue weighted by molar-refractivity contribution is -0.135. The van der Waals surface area contributed by atoms with Crippen LogP contribution >= 0.6 is 0 Å². The van der Waals surface area contributed by atoms with E-state index in [-0.39, 0.29) is 28.4 Å². The summed E-state index contributed by atoms with van der Waals surface area (Å²) in [5.41, 5.74) is 0.862. The molecule has 3 fully saturated rings. The van der Waals surface area contributed by atoms with E-state index in [1.165, 1.54) is 10.4 Å². The van der Waals surface area contributed by atoms with Crippen LogP contribution in [0.3, 0.4) is 0 Å². The van der Waals surface area contributed by atoms with Gasteiger partial charge in [-0.15, -0.1) is 0 Å². The summed E-state index contributed by atoms with van der Waals surface area (Å²) in [6, 6.07) is 30.6. The molecule has 2 amide bonds. The summed E-state index contributed by atoms with van der Waals surface area (Å²) in [6.07, 6.45) is 3.03. The molecule has 4 atom stereocenters. The van der Waals surface area contributed by atoms with Gasteiger partial charge >= 0.3 is 0 Å². The molecule has 1 aliphatic carbocycles. The zero-order valence-corrected chi connectivity index (χ0v) is 24.1. The quantitative estimate of drug-likeness (QED) is 0.440. The number of amides is 2. The zero-order valence-electron chi connectivity index (χ0n) is 23.1. The van der Waals surface area contributed by atoms with Crippen molar-refractivity contribution in [3.8, 4) is 0 Å². The second kappa shape index (κ2) is 9.75. The normalized spacial score (nSPS) is 25.8. The van der Waals surface area contributed by atoms with Crippen LogP contribution in [0.2, 0.25) is 5.04 Å². The molecule has 3 aliphatic rings. The van der Waals surface area contributed by atoms with Gasteiger partial charge in [-0.1, -0.05) is 112 Å². The first-order valence-corrected chi connectivity index (χ1v) is 16.1. The fraction of sp³-hybridized carbons (Fsp3) is 0.394. The minimum Gasteiger partial charge on any atom is -0.405 e. The van der Waals surface area contributed by atoms with Crippen molar-refractivity contribution in [2.24, 2.45) is 5.92 Å². The highest BCUT2D eigenvalue weighted by Crippen LogP contribution is 2.63. The Morgan fingerprint density at radius 3 is 2.05 bits per heavy atom. The third-order valence-electron chi connectivity index (χ3n) is 9.15. The maximum Gasteiger partial charge on any atom is 0.261 e.